The number of benzene rings is 2. The molecule has 4 rings (SSSR count). The lowest BCUT2D eigenvalue weighted by molar-refractivity contribution is -0.120. The molecule has 27 heavy (non-hydrogen) atoms. The van der Waals surface area contributed by atoms with Gasteiger partial charge in [-0.15, -0.1) is 0 Å². The Balaban J connectivity index is 1.32. The molecule has 0 fully saturated rings. The van der Waals surface area contributed by atoms with Gasteiger partial charge in [0.15, 0.2) is 11.5 Å². The van der Waals surface area contributed by atoms with Crippen molar-refractivity contribution in [2.75, 3.05) is 26.9 Å². The van der Waals surface area contributed by atoms with E-state index in [-0.39, 0.29) is 12.3 Å². The van der Waals surface area contributed by atoms with Crippen molar-refractivity contribution in [2.24, 2.45) is 0 Å². The van der Waals surface area contributed by atoms with Gasteiger partial charge in [-0.3, -0.25) is 4.79 Å². The van der Waals surface area contributed by atoms with Gasteiger partial charge in [0.2, 0.25) is 5.91 Å². The second kappa shape index (κ2) is 7.61. The van der Waals surface area contributed by atoms with Crippen LogP contribution in [0.2, 0.25) is 0 Å². The minimum atomic E-state index is -0.0361. The second-order valence-corrected chi connectivity index (χ2v) is 6.38. The molecule has 2 heterocycles. The van der Waals surface area contributed by atoms with Crippen LogP contribution in [-0.4, -0.2) is 32.8 Å². The summed E-state index contributed by atoms with van der Waals surface area (Å²) in [5.41, 5.74) is 2.68. The minimum Gasteiger partial charge on any atom is -0.497 e. The highest BCUT2D eigenvalue weighted by molar-refractivity contribution is 5.88. The molecular weight excluding hydrogens is 346 g/mol. The number of carbonyl (C=O) groups excluding carboxylic acids is 1. The molecular formula is C21H21NO5. The van der Waals surface area contributed by atoms with E-state index in [4.69, 9.17) is 18.6 Å². The number of furan rings is 1. The molecule has 0 bridgehead atoms. The van der Waals surface area contributed by atoms with E-state index < -0.39 is 0 Å². The van der Waals surface area contributed by atoms with E-state index in [1.54, 1.807) is 13.4 Å². The molecule has 0 atom stereocenters. The highest BCUT2D eigenvalue weighted by atomic mass is 16.6. The first-order chi connectivity index (χ1) is 13.2. The van der Waals surface area contributed by atoms with Crippen LogP contribution in [0.1, 0.15) is 11.1 Å². The molecule has 1 aliphatic rings. The summed E-state index contributed by atoms with van der Waals surface area (Å²) in [5, 5.41) is 3.89. The van der Waals surface area contributed by atoms with Crippen LogP contribution >= 0.6 is 0 Å². The normalized spacial score (nSPS) is 12.8. The number of hydrogen-bond donors (Lipinski definition) is 1. The molecule has 0 radical (unpaired) electrons. The van der Waals surface area contributed by atoms with Crippen molar-refractivity contribution in [3.8, 4) is 17.2 Å². The smallest absolute Gasteiger partial charge is 0.224 e. The number of nitrogens with one attached hydrogen (secondary N) is 1. The zero-order valence-corrected chi connectivity index (χ0v) is 15.1. The van der Waals surface area contributed by atoms with E-state index >= 15 is 0 Å². The monoisotopic (exact) mass is 367 g/mol. The van der Waals surface area contributed by atoms with Crippen molar-refractivity contribution in [1.82, 2.24) is 5.32 Å². The quantitative estimate of drug-likeness (QED) is 0.725. The maximum atomic E-state index is 12.3. The van der Waals surface area contributed by atoms with Crippen molar-refractivity contribution in [3.05, 3.63) is 53.8 Å². The Kier molecular flexibility index (Phi) is 4.87. The molecule has 0 saturated heterocycles. The lowest BCUT2D eigenvalue weighted by Gasteiger charge is -2.18. The first kappa shape index (κ1) is 17.3. The van der Waals surface area contributed by atoms with Gasteiger partial charge in [-0.2, -0.15) is 0 Å². The lowest BCUT2D eigenvalue weighted by Crippen LogP contribution is -2.27. The molecule has 6 heteroatoms. The van der Waals surface area contributed by atoms with Crippen LogP contribution in [-0.2, 0) is 17.6 Å². The Bertz CT molecular complexity index is 962. The fraction of sp³-hybridized carbons (Fsp3) is 0.286. The van der Waals surface area contributed by atoms with E-state index in [2.05, 4.69) is 5.32 Å². The number of hydrogen-bond acceptors (Lipinski definition) is 5. The molecule has 1 N–H and O–H groups in total. The van der Waals surface area contributed by atoms with Crippen molar-refractivity contribution < 1.29 is 23.4 Å². The van der Waals surface area contributed by atoms with Gasteiger partial charge >= 0.3 is 0 Å². The average molecular weight is 367 g/mol. The van der Waals surface area contributed by atoms with Crippen molar-refractivity contribution in [2.45, 2.75) is 12.8 Å². The van der Waals surface area contributed by atoms with E-state index in [0.717, 1.165) is 40.2 Å². The molecule has 0 unspecified atom stereocenters. The summed E-state index contributed by atoms with van der Waals surface area (Å²) in [6, 6.07) is 11.5. The third-order valence-electron chi connectivity index (χ3n) is 4.56. The number of methoxy groups -OCH3 is 1. The van der Waals surface area contributed by atoms with Gasteiger partial charge in [0.1, 0.15) is 24.5 Å². The summed E-state index contributed by atoms with van der Waals surface area (Å²) in [4.78, 5) is 12.3. The van der Waals surface area contributed by atoms with Gasteiger partial charge in [-0.25, -0.2) is 0 Å². The standard InChI is InChI=1S/C21H21NO5/c1-24-16-3-4-17-15(13-27-19(17)12-16)11-21(23)22-7-6-14-2-5-18-20(10-14)26-9-8-25-18/h2-5,10,12-13H,6-9,11H2,1H3,(H,22,23). The van der Waals surface area contributed by atoms with Gasteiger partial charge in [0.05, 0.1) is 19.8 Å². The molecule has 1 aromatic heterocycles. The molecule has 0 spiro atoms. The van der Waals surface area contributed by atoms with Crippen LogP contribution in [0.3, 0.4) is 0 Å². The molecule has 0 saturated carbocycles. The topological polar surface area (TPSA) is 69.9 Å². The Hall–Kier alpha value is -3.15. The predicted molar refractivity (Wildman–Crippen MR) is 101 cm³/mol. The maximum Gasteiger partial charge on any atom is 0.224 e. The van der Waals surface area contributed by atoms with Gasteiger partial charge in [0.25, 0.3) is 0 Å². The van der Waals surface area contributed by atoms with Crippen LogP contribution in [0.25, 0.3) is 11.0 Å². The van der Waals surface area contributed by atoms with Crippen molar-refractivity contribution in [3.63, 3.8) is 0 Å². The van der Waals surface area contributed by atoms with Crippen LogP contribution in [0.15, 0.2) is 47.1 Å². The summed E-state index contributed by atoms with van der Waals surface area (Å²) >= 11 is 0. The first-order valence-corrected chi connectivity index (χ1v) is 8.92. The van der Waals surface area contributed by atoms with Gasteiger partial charge in [0, 0.05) is 23.6 Å². The summed E-state index contributed by atoms with van der Waals surface area (Å²) in [6.07, 6.45) is 2.64. The van der Waals surface area contributed by atoms with E-state index in [1.807, 2.05) is 36.4 Å². The fourth-order valence-corrected chi connectivity index (χ4v) is 3.15. The molecule has 3 aromatic rings. The van der Waals surface area contributed by atoms with Crippen LogP contribution in [0.5, 0.6) is 17.2 Å². The summed E-state index contributed by atoms with van der Waals surface area (Å²) < 4.78 is 21.8. The van der Waals surface area contributed by atoms with Crippen molar-refractivity contribution >= 4 is 16.9 Å². The Morgan fingerprint density at radius 3 is 2.81 bits per heavy atom. The third-order valence-corrected chi connectivity index (χ3v) is 4.56. The van der Waals surface area contributed by atoms with Gasteiger partial charge in [-0.05, 0) is 36.2 Å². The zero-order chi connectivity index (χ0) is 18.6. The lowest BCUT2D eigenvalue weighted by atomic mass is 10.1. The molecule has 140 valence electrons. The van der Waals surface area contributed by atoms with Crippen molar-refractivity contribution in [1.29, 1.82) is 0 Å². The maximum absolute atomic E-state index is 12.3. The van der Waals surface area contributed by atoms with E-state index in [0.29, 0.717) is 25.3 Å². The Morgan fingerprint density at radius 1 is 1.11 bits per heavy atom. The summed E-state index contributed by atoms with van der Waals surface area (Å²) in [7, 11) is 1.61. The number of amides is 1. The molecule has 2 aromatic carbocycles. The van der Waals surface area contributed by atoms with Crippen LogP contribution in [0.4, 0.5) is 0 Å². The van der Waals surface area contributed by atoms with Gasteiger partial charge in [-0.1, -0.05) is 6.07 Å². The first-order valence-electron chi connectivity index (χ1n) is 8.92. The summed E-state index contributed by atoms with van der Waals surface area (Å²) in [6.45, 7) is 1.71. The highest BCUT2D eigenvalue weighted by Gasteiger charge is 2.13. The number of carbonyl (C=O) groups is 1. The molecule has 1 amide bonds. The molecule has 1 aliphatic heterocycles. The van der Waals surface area contributed by atoms with Gasteiger partial charge < -0.3 is 23.9 Å². The zero-order valence-electron chi connectivity index (χ0n) is 15.1. The Morgan fingerprint density at radius 2 is 1.96 bits per heavy atom. The molecule has 6 nitrogen and oxygen atoms in total. The number of ether oxygens (including phenoxy) is 3. The fourth-order valence-electron chi connectivity index (χ4n) is 3.15. The highest BCUT2D eigenvalue weighted by Crippen LogP contribution is 2.30. The van der Waals surface area contributed by atoms with E-state index in [9.17, 15) is 4.79 Å². The van der Waals surface area contributed by atoms with Crippen LogP contribution < -0.4 is 19.5 Å². The average Bonchev–Trinajstić information content (AvgIpc) is 3.09. The van der Waals surface area contributed by atoms with Crippen LogP contribution in [0, 0.1) is 0 Å². The van der Waals surface area contributed by atoms with E-state index in [1.165, 1.54) is 0 Å². The summed E-state index contributed by atoms with van der Waals surface area (Å²) in [5.74, 6) is 2.24. The number of rotatable bonds is 6. The third kappa shape index (κ3) is 3.84. The SMILES string of the molecule is COc1ccc2c(CC(=O)NCCc3ccc4c(c3)OCCO4)coc2c1. The second-order valence-electron chi connectivity index (χ2n) is 6.38. The molecule has 0 aliphatic carbocycles. The minimum absolute atomic E-state index is 0.0361. The Labute approximate surface area is 157 Å². The number of fused-ring (bicyclic) bond motifs is 2. The predicted octanol–water partition coefficient (Wildman–Crippen LogP) is 3.11. The largest absolute Gasteiger partial charge is 0.497 e.